The van der Waals surface area contributed by atoms with Crippen LogP contribution in [0.5, 0.6) is 0 Å². The van der Waals surface area contributed by atoms with Gasteiger partial charge < -0.3 is 5.11 Å². The standard InChI is InChI=1S/C14H9Br2F3O/c15-8-2-1-7(10(17)4-8)3-13(20)14-11(18)5-9(16)6-12(14)19/h1-2,4-6,13,20H,3H2. The highest BCUT2D eigenvalue weighted by atomic mass is 79.9. The van der Waals surface area contributed by atoms with Gasteiger partial charge in [-0.25, -0.2) is 13.2 Å². The van der Waals surface area contributed by atoms with E-state index in [4.69, 9.17) is 0 Å². The smallest absolute Gasteiger partial charge is 0.133 e. The largest absolute Gasteiger partial charge is 0.388 e. The van der Waals surface area contributed by atoms with E-state index in [1.165, 1.54) is 12.1 Å². The van der Waals surface area contributed by atoms with Gasteiger partial charge in [0.1, 0.15) is 17.5 Å². The van der Waals surface area contributed by atoms with Gasteiger partial charge in [-0.2, -0.15) is 0 Å². The molecule has 20 heavy (non-hydrogen) atoms. The van der Waals surface area contributed by atoms with Crippen LogP contribution in [0.15, 0.2) is 39.3 Å². The summed E-state index contributed by atoms with van der Waals surface area (Å²) in [5, 5.41) is 9.95. The third-order valence-corrected chi connectivity index (χ3v) is 3.76. The van der Waals surface area contributed by atoms with Gasteiger partial charge in [-0.3, -0.25) is 0 Å². The molecule has 1 N–H and O–H groups in total. The highest BCUT2D eigenvalue weighted by molar-refractivity contribution is 9.10. The van der Waals surface area contributed by atoms with E-state index in [2.05, 4.69) is 31.9 Å². The molecule has 0 amide bonds. The first kappa shape index (κ1) is 15.5. The van der Waals surface area contributed by atoms with E-state index in [0.717, 1.165) is 12.1 Å². The average molecular weight is 410 g/mol. The molecule has 2 aromatic rings. The molecule has 0 saturated carbocycles. The van der Waals surface area contributed by atoms with E-state index >= 15 is 0 Å². The van der Waals surface area contributed by atoms with Gasteiger partial charge in [-0.05, 0) is 29.8 Å². The number of halogens is 5. The van der Waals surface area contributed by atoms with Crippen LogP contribution in [-0.4, -0.2) is 5.11 Å². The van der Waals surface area contributed by atoms with Gasteiger partial charge in [0.2, 0.25) is 0 Å². The minimum atomic E-state index is -1.46. The second-order valence-electron chi connectivity index (χ2n) is 4.24. The van der Waals surface area contributed by atoms with Crippen LogP contribution in [0.2, 0.25) is 0 Å². The van der Waals surface area contributed by atoms with E-state index in [1.807, 2.05) is 0 Å². The number of rotatable bonds is 3. The number of hydrogen-bond donors (Lipinski definition) is 1. The Hall–Kier alpha value is -0.850. The summed E-state index contributed by atoms with van der Waals surface area (Å²) in [4.78, 5) is 0. The Morgan fingerprint density at radius 2 is 1.45 bits per heavy atom. The summed E-state index contributed by atoms with van der Waals surface area (Å²) < 4.78 is 41.8. The number of hydrogen-bond acceptors (Lipinski definition) is 1. The highest BCUT2D eigenvalue weighted by Gasteiger charge is 2.20. The molecule has 106 valence electrons. The van der Waals surface area contributed by atoms with Gasteiger partial charge >= 0.3 is 0 Å². The molecule has 0 bridgehead atoms. The van der Waals surface area contributed by atoms with Crippen molar-refractivity contribution < 1.29 is 18.3 Å². The third-order valence-electron chi connectivity index (χ3n) is 2.81. The Balaban J connectivity index is 2.31. The summed E-state index contributed by atoms with van der Waals surface area (Å²) in [7, 11) is 0. The van der Waals surface area contributed by atoms with Crippen molar-refractivity contribution in [3.8, 4) is 0 Å². The summed E-state index contributed by atoms with van der Waals surface area (Å²) in [6.07, 6.45) is -1.67. The van der Waals surface area contributed by atoms with Crippen LogP contribution < -0.4 is 0 Å². The fourth-order valence-electron chi connectivity index (χ4n) is 1.87. The maximum atomic E-state index is 13.7. The monoisotopic (exact) mass is 408 g/mol. The lowest BCUT2D eigenvalue weighted by atomic mass is 10.00. The Bertz CT molecular complexity index is 623. The molecule has 0 radical (unpaired) electrons. The highest BCUT2D eigenvalue weighted by Crippen LogP contribution is 2.28. The van der Waals surface area contributed by atoms with Crippen molar-refractivity contribution in [1.29, 1.82) is 0 Å². The summed E-state index contributed by atoms with van der Waals surface area (Å²) in [5.74, 6) is -2.29. The van der Waals surface area contributed by atoms with Crippen LogP contribution in [0, 0.1) is 17.5 Å². The van der Waals surface area contributed by atoms with Crippen LogP contribution in [0.1, 0.15) is 17.2 Å². The van der Waals surface area contributed by atoms with E-state index < -0.39 is 29.1 Å². The fourth-order valence-corrected chi connectivity index (χ4v) is 2.60. The molecule has 1 unspecified atom stereocenters. The minimum absolute atomic E-state index is 0.183. The minimum Gasteiger partial charge on any atom is -0.388 e. The summed E-state index contributed by atoms with van der Waals surface area (Å²) in [6.45, 7) is 0. The Kier molecular flexibility index (Phi) is 4.88. The number of benzene rings is 2. The normalized spacial score (nSPS) is 12.5. The van der Waals surface area contributed by atoms with Gasteiger partial charge in [0.25, 0.3) is 0 Å². The van der Waals surface area contributed by atoms with Crippen molar-refractivity contribution in [2.45, 2.75) is 12.5 Å². The summed E-state index contributed by atoms with van der Waals surface area (Å²) in [5.41, 5.74) is -0.280. The predicted molar refractivity (Wildman–Crippen MR) is 76.8 cm³/mol. The molecule has 1 atom stereocenters. The van der Waals surface area contributed by atoms with Gasteiger partial charge in [-0.15, -0.1) is 0 Å². The zero-order valence-electron chi connectivity index (χ0n) is 10.0. The lowest BCUT2D eigenvalue weighted by molar-refractivity contribution is 0.167. The molecule has 0 aliphatic carbocycles. The molecule has 2 rings (SSSR count). The molecule has 1 nitrogen and oxygen atoms in total. The van der Waals surface area contributed by atoms with Gasteiger partial charge in [0.15, 0.2) is 0 Å². The molecule has 0 saturated heterocycles. The van der Waals surface area contributed by atoms with E-state index in [9.17, 15) is 18.3 Å². The molecule has 0 aromatic heterocycles. The zero-order valence-corrected chi connectivity index (χ0v) is 13.2. The molecule has 0 aliphatic heterocycles. The first-order valence-corrected chi connectivity index (χ1v) is 7.23. The second-order valence-corrected chi connectivity index (χ2v) is 6.07. The molecular weight excluding hydrogens is 401 g/mol. The van der Waals surface area contributed by atoms with Crippen molar-refractivity contribution in [1.82, 2.24) is 0 Å². The van der Waals surface area contributed by atoms with Gasteiger partial charge in [0, 0.05) is 15.4 Å². The van der Waals surface area contributed by atoms with Gasteiger partial charge in [0.05, 0.1) is 11.7 Å². The first-order chi connectivity index (χ1) is 9.38. The molecule has 0 spiro atoms. The van der Waals surface area contributed by atoms with Crippen molar-refractivity contribution in [2.75, 3.05) is 0 Å². The third kappa shape index (κ3) is 3.42. The SMILES string of the molecule is OC(Cc1ccc(Br)cc1F)c1c(F)cc(Br)cc1F. The van der Waals surface area contributed by atoms with Crippen LogP contribution in [0.4, 0.5) is 13.2 Å². The van der Waals surface area contributed by atoms with Crippen LogP contribution in [0.3, 0.4) is 0 Å². The van der Waals surface area contributed by atoms with Crippen LogP contribution in [-0.2, 0) is 6.42 Å². The lowest BCUT2D eigenvalue weighted by Gasteiger charge is -2.14. The molecular formula is C14H9Br2F3O. The second kappa shape index (κ2) is 6.28. The average Bonchev–Trinajstić information content (AvgIpc) is 2.31. The predicted octanol–water partition coefficient (Wildman–Crippen LogP) is 4.91. The molecule has 0 aliphatic rings. The van der Waals surface area contributed by atoms with E-state index in [1.54, 1.807) is 6.07 Å². The van der Waals surface area contributed by atoms with Crippen molar-refractivity contribution in [2.24, 2.45) is 0 Å². The lowest BCUT2D eigenvalue weighted by Crippen LogP contribution is -2.08. The quantitative estimate of drug-likeness (QED) is 0.763. The summed E-state index contributed by atoms with van der Waals surface area (Å²) in [6, 6.07) is 6.40. The maximum absolute atomic E-state index is 13.7. The Morgan fingerprint density at radius 3 is 2.00 bits per heavy atom. The topological polar surface area (TPSA) is 20.2 Å². The molecule has 2 aromatic carbocycles. The van der Waals surface area contributed by atoms with Crippen molar-refractivity contribution >= 4 is 31.9 Å². The van der Waals surface area contributed by atoms with E-state index in [0.29, 0.717) is 4.47 Å². The van der Waals surface area contributed by atoms with Crippen LogP contribution in [0.25, 0.3) is 0 Å². The maximum Gasteiger partial charge on any atom is 0.133 e. The molecule has 0 fully saturated rings. The molecule has 0 heterocycles. The van der Waals surface area contributed by atoms with Crippen molar-refractivity contribution in [3.05, 3.63) is 67.9 Å². The van der Waals surface area contributed by atoms with Gasteiger partial charge in [-0.1, -0.05) is 37.9 Å². The van der Waals surface area contributed by atoms with Crippen molar-refractivity contribution in [3.63, 3.8) is 0 Å². The summed E-state index contributed by atoms with van der Waals surface area (Å²) >= 11 is 6.07. The fraction of sp³-hybridized carbons (Fsp3) is 0.143. The molecule has 6 heteroatoms. The number of aliphatic hydroxyl groups is 1. The Morgan fingerprint density at radius 1 is 0.900 bits per heavy atom. The Labute approximate surface area is 130 Å². The van der Waals surface area contributed by atoms with Crippen LogP contribution >= 0.6 is 31.9 Å². The zero-order chi connectivity index (χ0) is 14.9. The van der Waals surface area contributed by atoms with E-state index in [-0.39, 0.29) is 16.5 Å². The first-order valence-electron chi connectivity index (χ1n) is 5.65. The number of aliphatic hydroxyl groups excluding tert-OH is 1.